The summed E-state index contributed by atoms with van der Waals surface area (Å²) in [5.41, 5.74) is 5.07. The van der Waals surface area contributed by atoms with Gasteiger partial charge in [0.15, 0.2) is 5.16 Å². The number of aromatic amines is 1. The number of thioether (sulfide) groups is 1. The second-order valence-electron chi connectivity index (χ2n) is 7.39. The van der Waals surface area contributed by atoms with E-state index in [1.54, 1.807) is 43.6 Å². The molecule has 2 aromatic heterocycles. The predicted octanol–water partition coefficient (Wildman–Crippen LogP) is 5.24. The van der Waals surface area contributed by atoms with Crippen LogP contribution in [0.1, 0.15) is 36.9 Å². The highest BCUT2D eigenvalue weighted by atomic mass is 32.2. The van der Waals surface area contributed by atoms with Crippen LogP contribution >= 0.6 is 11.8 Å². The molecule has 0 saturated heterocycles. The fourth-order valence-electron chi connectivity index (χ4n) is 3.47. The second-order valence-corrected chi connectivity index (χ2v) is 8.36. The van der Waals surface area contributed by atoms with Gasteiger partial charge in [0.1, 0.15) is 18.1 Å². The maximum atomic E-state index is 12.5. The predicted molar refractivity (Wildman–Crippen MR) is 128 cm³/mol. The van der Waals surface area contributed by atoms with Gasteiger partial charge in [-0.3, -0.25) is 4.98 Å². The quantitative estimate of drug-likeness (QED) is 0.281. The number of nitrogens with one attached hydrogen (secondary N) is 1. The molecule has 0 spiro atoms. The van der Waals surface area contributed by atoms with Crippen molar-refractivity contribution in [1.82, 2.24) is 15.0 Å². The summed E-state index contributed by atoms with van der Waals surface area (Å²) in [6.45, 7) is 3.81. The molecule has 4 rings (SSSR count). The van der Waals surface area contributed by atoms with Crippen molar-refractivity contribution in [2.45, 2.75) is 31.4 Å². The van der Waals surface area contributed by atoms with E-state index >= 15 is 0 Å². The normalized spacial score (nSPS) is 12.6. The van der Waals surface area contributed by atoms with Crippen molar-refractivity contribution in [3.05, 3.63) is 76.6 Å². The smallest absolute Gasteiger partial charge is 0.338 e. The first-order valence-corrected chi connectivity index (χ1v) is 11.2. The number of H-pyrrole nitrogens is 1. The van der Waals surface area contributed by atoms with Crippen LogP contribution in [-0.2, 0) is 17.1 Å². The van der Waals surface area contributed by atoms with Crippen LogP contribution in [0.5, 0.6) is 11.5 Å². The molecule has 0 aliphatic rings. The van der Waals surface area contributed by atoms with E-state index in [9.17, 15) is 4.79 Å². The number of aromatic nitrogens is 3. The number of methoxy groups -OCH3 is 2. The number of fused-ring (bicyclic) bond motifs is 1. The van der Waals surface area contributed by atoms with Gasteiger partial charge in [0.2, 0.25) is 0 Å². The third-order valence-corrected chi connectivity index (χ3v) is 6.15. The van der Waals surface area contributed by atoms with Crippen LogP contribution in [0.4, 0.5) is 0 Å². The number of ether oxygens (including phenoxy) is 3. The van der Waals surface area contributed by atoms with Crippen LogP contribution in [0, 0.1) is 13.8 Å². The summed E-state index contributed by atoms with van der Waals surface area (Å²) in [7, 11) is -0.942. The molecule has 8 heteroatoms. The molecule has 0 amide bonds. The molecule has 1 N–H and O–H groups in total. The topological polar surface area (TPSA) is 86.3 Å². The minimum atomic E-state index is -2.52. The summed E-state index contributed by atoms with van der Waals surface area (Å²) in [6, 6.07) is 12.2. The molecule has 0 unspecified atom stereocenters. The number of aryl methyl sites for hydroxylation is 1. The Morgan fingerprint density at radius 1 is 1.18 bits per heavy atom. The maximum Gasteiger partial charge on any atom is 0.338 e. The van der Waals surface area contributed by atoms with Crippen LogP contribution in [0.3, 0.4) is 0 Å². The van der Waals surface area contributed by atoms with Crippen molar-refractivity contribution < 1.29 is 23.1 Å². The van der Waals surface area contributed by atoms with E-state index in [1.165, 1.54) is 11.8 Å². The standard InChI is InChI=1S/C25H25N3O4S/c1-15-7-5-6-8-19(15)24(29)32-13-17-12-26-22(16(2)23(17)31-4)14-33-25-27-20-10-9-18(30-3)11-21(20)28-25/h5-12H,13-14H2,1-4H3,(H,27,28)/i3D3. The number of carbonyl (C=O) groups excluding carboxylic acids is 1. The SMILES string of the molecule is [2H]C([2H])([2H])Oc1ccc2nc(SCc3ncc(COC(=O)c4ccccc4C)c(OC)c3C)[nH]c2c1. The number of nitrogens with zero attached hydrogens (tertiary/aromatic N) is 2. The first-order chi connectivity index (χ1) is 17.1. The molecule has 7 nitrogen and oxygen atoms in total. The van der Waals surface area contributed by atoms with Gasteiger partial charge in [-0.05, 0) is 37.6 Å². The minimum absolute atomic E-state index is 0.0435. The highest BCUT2D eigenvalue weighted by Crippen LogP contribution is 2.30. The summed E-state index contributed by atoms with van der Waals surface area (Å²) in [5.74, 6) is 0.979. The Hall–Kier alpha value is -3.52. The molecule has 0 saturated carbocycles. The van der Waals surface area contributed by atoms with E-state index in [2.05, 4.69) is 15.0 Å². The minimum Gasteiger partial charge on any atom is -0.497 e. The zero-order valence-corrected chi connectivity index (χ0v) is 19.3. The lowest BCUT2D eigenvalue weighted by Gasteiger charge is -2.14. The van der Waals surface area contributed by atoms with Crippen LogP contribution < -0.4 is 9.47 Å². The number of esters is 1. The van der Waals surface area contributed by atoms with E-state index in [1.807, 2.05) is 26.0 Å². The Balaban J connectivity index is 1.44. The molecule has 170 valence electrons. The molecule has 33 heavy (non-hydrogen) atoms. The highest BCUT2D eigenvalue weighted by Gasteiger charge is 2.16. The summed E-state index contributed by atoms with van der Waals surface area (Å²) < 4.78 is 37.8. The van der Waals surface area contributed by atoms with Crippen molar-refractivity contribution in [3.63, 3.8) is 0 Å². The van der Waals surface area contributed by atoms with Crippen molar-refractivity contribution >= 4 is 28.8 Å². The Kier molecular flexibility index (Phi) is 5.73. The Labute approximate surface area is 200 Å². The molecule has 0 atom stereocenters. The fourth-order valence-corrected chi connectivity index (χ4v) is 4.38. The van der Waals surface area contributed by atoms with Gasteiger partial charge in [-0.2, -0.15) is 0 Å². The molecule has 0 bridgehead atoms. The Morgan fingerprint density at radius 3 is 2.82 bits per heavy atom. The lowest BCUT2D eigenvalue weighted by atomic mass is 10.1. The van der Waals surface area contributed by atoms with Gasteiger partial charge in [-0.15, -0.1) is 0 Å². The van der Waals surface area contributed by atoms with Crippen molar-refractivity contribution in [2.24, 2.45) is 0 Å². The summed E-state index contributed by atoms with van der Waals surface area (Å²) >= 11 is 1.45. The lowest BCUT2D eigenvalue weighted by molar-refractivity contribution is 0.0469. The Morgan fingerprint density at radius 2 is 2.03 bits per heavy atom. The van der Waals surface area contributed by atoms with E-state index < -0.39 is 13.0 Å². The van der Waals surface area contributed by atoms with Gasteiger partial charge < -0.3 is 19.2 Å². The summed E-state index contributed by atoms with van der Waals surface area (Å²) in [4.78, 5) is 24.8. The van der Waals surface area contributed by atoms with Gasteiger partial charge >= 0.3 is 5.97 Å². The largest absolute Gasteiger partial charge is 0.497 e. The molecular weight excluding hydrogens is 438 g/mol. The molecule has 4 aromatic rings. The van der Waals surface area contributed by atoms with Crippen molar-refractivity contribution in [3.8, 4) is 11.5 Å². The van der Waals surface area contributed by atoms with Gasteiger partial charge in [0.05, 0.1) is 46.1 Å². The van der Waals surface area contributed by atoms with E-state index in [-0.39, 0.29) is 12.4 Å². The van der Waals surface area contributed by atoms with Crippen molar-refractivity contribution in [1.29, 1.82) is 0 Å². The summed E-state index contributed by atoms with van der Waals surface area (Å²) in [5, 5.41) is 0.660. The summed E-state index contributed by atoms with van der Waals surface area (Å²) in [6.07, 6.45) is 1.66. The maximum absolute atomic E-state index is 12.5. The average molecular weight is 467 g/mol. The first kappa shape index (κ1) is 19.0. The number of carbonyl (C=O) groups is 1. The number of pyridine rings is 1. The average Bonchev–Trinajstić information content (AvgIpc) is 3.23. The molecule has 0 radical (unpaired) electrons. The van der Waals surface area contributed by atoms with E-state index in [0.29, 0.717) is 38.8 Å². The molecule has 2 heterocycles. The van der Waals surface area contributed by atoms with Crippen LogP contribution in [0.2, 0.25) is 0 Å². The highest BCUT2D eigenvalue weighted by molar-refractivity contribution is 7.98. The van der Waals surface area contributed by atoms with E-state index in [0.717, 1.165) is 16.8 Å². The first-order valence-electron chi connectivity index (χ1n) is 11.7. The number of hydrogen-bond acceptors (Lipinski definition) is 7. The molecule has 0 fully saturated rings. The van der Waals surface area contributed by atoms with E-state index in [4.69, 9.17) is 18.3 Å². The van der Waals surface area contributed by atoms with Gasteiger partial charge in [-0.1, -0.05) is 30.0 Å². The zero-order valence-electron chi connectivity index (χ0n) is 21.5. The number of rotatable bonds is 8. The Bertz CT molecular complexity index is 1410. The zero-order chi connectivity index (χ0) is 25.9. The lowest BCUT2D eigenvalue weighted by Crippen LogP contribution is -2.09. The van der Waals surface area contributed by atoms with Crippen LogP contribution in [0.25, 0.3) is 11.0 Å². The fraction of sp³-hybridized carbons (Fsp3) is 0.240. The number of imidazole rings is 1. The van der Waals surface area contributed by atoms with Crippen LogP contribution in [0.15, 0.2) is 53.8 Å². The second kappa shape index (κ2) is 9.95. The van der Waals surface area contributed by atoms with Gasteiger partial charge in [-0.25, -0.2) is 9.78 Å². The molecule has 0 aliphatic carbocycles. The van der Waals surface area contributed by atoms with Crippen LogP contribution in [-0.4, -0.2) is 35.1 Å². The number of hydrogen-bond donors (Lipinski definition) is 1. The van der Waals surface area contributed by atoms with Gasteiger partial charge in [0, 0.05) is 23.6 Å². The van der Waals surface area contributed by atoms with Crippen molar-refractivity contribution in [2.75, 3.05) is 14.1 Å². The third-order valence-electron chi connectivity index (χ3n) is 5.26. The molecular formula is C25H25N3O4S. The van der Waals surface area contributed by atoms with Gasteiger partial charge in [0.25, 0.3) is 0 Å². The third kappa shape index (κ3) is 4.96. The monoisotopic (exact) mass is 466 g/mol. The molecule has 2 aromatic carbocycles. The molecule has 0 aliphatic heterocycles. The number of benzene rings is 2.